The highest BCUT2D eigenvalue weighted by molar-refractivity contribution is 5.93. The molecule has 3 aromatic rings. The van der Waals surface area contributed by atoms with Gasteiger partial charge in [0.2, 0.25) is 5.91 Å². The molecule has 0 bridgehead atoms. The van der Waals surface area contributed by atoms with E-state index < -0.39 is 5.91 Å². The smallest absolute Gasteiger partial charge is 0.248 e. The number of nitrogens with zero attached hydrogens (tertiary/aromatic N) is 1. The van der Waals surface area contributed by atoms with E-state index in [-0.39, 0.29) is 0 Å². The second-order valence-electron chi connectivity index (χ2n) is 9.61. The molecule has 1 aromatic carbocycles. The second kappa shape index (κ2) is 12.4. The molecule has 0 unspecified atom stereocenters. The maximum absolute atomic E-state index is 11.5. The van der Waals surface area contributed by atoms with Crippen molar-refractivity contribution in [1.82, 2.24) is 9.97 Å². The van der Waals surface area contributed by atoms with Crippen molar-refractivity contribution in [1.29, 1.82) is 0 Å². The Labute approximate surface area is 212 Å². The van der Waals surface area contributed by atoms with Crippen LogP contribution in [0, 0.1) is 0 Å². The zero-order valence-electron chi connectivity index (χ0n) is 21.5. The Hall–Kier alpha value is -3.54. The van der Waals surface area contributed by atoms with E-state index in [9.17, 15) is 4.79 Å². The number of rotatable bonds is 13. The highest BCUT2D eigenvalue weighted by Crippen LogP contribution is 2.13. The Bertz CT molecular complexity index is 1430. The number of methoxy groups -OCH3 is 1. The van der Waals surface area contributed by atoms with Crippen molar-refractivity contribution >= 4 is 23.8 Å². The summed E-state index contributed by atoms with van der Waals surface area (Å²) in [5.41, 5.74) is 8.96. The lowest BCUT2D eigenvalue weighted by atomic mass is 10.1. The van der Waals surface area contributed by atoms with E-state index in [0.717, 1.165) is 44.8 Å². The van der Waals surface area contributed by atoms with Crippen LogP contribution in [-0.2, 0) is 6.42 Å². The minimum atomic E-state index is -0.456. The van der Waals surface area contributed by atoms with Gasteiger partial charge in [0.25, 0.3) is 0 Å². The highest BCUT2D eigenvalue weighted by atomic mass is 16.5. The Kier molecular flexibility index (Phi) is 8.82. The summed E-state index contributed by atoms with van der Waals surface area (Å²) in [6.45, 7) is 2.27. The Morgan fingerprint density at radius 2 is 1.72 bits per heavy atom. The predicted octanol–water partition coefficient (Wildman–Crippen LogP) is 3.57. The molecule has 0 fully saturated rings. The van der Waals surface area contributed by atoms with Crippen molar-refractivity contribution in [3.05, 3.63) is 74.6 Å². The van der Waals surface area contributed by atoms with Gasteiger partial charge in [-0.05, 0) is 49.3 Å². The fraction of sp³-hybridized carbons (Fsp3) is 0.400. The first-order valence-corrected chi connectivity index (χ1v) is 13.2. The standard InChI is InChI=1S/C30H38N4O2/c1-3-4-5-6-7-8-9-10-11-12-23-15-16-24(32-23)19-28-29(36-2)20-27(34-28)26-17-21-13-14-22(30(31)35)18-25(21)33-26/h13-20,32,34H,3-12H2,1-2H3,(H2,31,35). The second-order valence-corrected chi connectivity index (χ2v) is 9.61. The van der Waals surface area contributed by atoms with Crippen LogP contribution in [0.3, 0.4) is 0 Å². The van der Waals surface area contributed by atoms with Crippen LogP contribution in [0.1, 0.15) is 86.5 Å². The Morgan fingerprint density at radius 3 is 2.44 bits per heavy atom. The summed E-state index contributed by atoms with van der Waals surface area (Å²) in [7, 11) is 1.67. The molecule has 6 heteroatoms. The number of aryl methyl sites for hydroxylation is 1. The van der Waals surface area contributed by atoms with Gasteiger partial charge in [0.05, 0.1) is 28.9 Å². The molecule has 0 atom stereocenters. The van der Waals surface area contributed by atoms with E-state index in [2.05, 4.69) is 40.1 Å². The zero-order valence-corrected chi connectivity index (χ0v) is 21.5. The lowest BCUT2D eigenvalue weighted by molar-refractivity contribution is 0.1000. The minimum absolute atomic E-state index is 0.454. The van der Waals surface area contributed by atoms with Gasteiger partial charge in [-0.1, -0.05) is 64.4 Å². The molecular formula is C30H38N4O2. The lowest BCUT2D eigenvalue weighted by Gasteiger charge is -2.01. The minimum Gasteiger partial charge on any atom is -0.494 e. The van der Waals surface area contributed by atoms with Crippen LogP contribution in [0.5, 0.6) is 5.75 Å². The summed E-state index contributed by atoms with van der Waals surface area (Å²) in [6.07, 6.45) is 17.2. The molecule has 190 valence electrons. The SMILES string of the molecule is CCCCCCCCCCCc1ccc(C=c2[nH]c(=C3C=c4ccc(C(N)=O)cc4=N3)cc2OC)[nH]1. The molecule has 0 aliphatic carbocycles. The lowest BCUT2D eigenvalue weighted by Crippen LogP contribution is -2.24. The number of unbranched alkanes of at least 4 members (excludes halogenated alkanes) is 8. The maximum atomic E-state index is 11.5. The molecule has 0 saturated carbocycles. The van der Waals surface area contributed by atoms with Crippen molar-refractivity contribution in [2.45, 2.75) is 71.1 Å². The molecule has 3 heterocycles. The summed E-state index contributed by atoms with van der Waals surface area (Å²) in [6, 6.07) is 11.6. The number of aromatic amines is 2. The van der Waals surface area contributed by atoms with Gasteiger partial charge in [-0.15, -0.1) is 0 Å². The van der Waals surface area contributed by atoms with Gasteiger partial charge in [0, 0.05) is 28.2 Å². The zero-order chi connectivity index (χ0) is 25.3. The average Bonchev–Trinajstić information content (AvgIpc) is 3.60. The third kappa shape index (κ3) is 6.56. The Balaban J connectivity index is 1.41. The van der Waals surface area contributed by atoms with Crippen LogP contribution >= 0.6 is 0 Å². The first kappa shape index (κ1) is 25.5. The first-order valence-electron chi connectivity index (χ1n) is 13.2. The topological polar surface area (TPSA) is 96.3 Å². The van der Waals surface area contributed by atoms with Crippen LogP contribution in [-0.4, -0.2) is 23.0 Å². The molecule has 6 nitrogen and oxygen atoms in total. The van der Waals surface area contributed by atoms with E-state index in [1.165, 1.54) is 63.5 Å². The number of H-pyrrole nitrogens is 2. The van der Waals surface area contributed by atoms with Gasteiger partial charge in [-0.25, -0.2) is 4.99 Å². The molecule has 1 amide bonds. The summed E-state index contributed by atoms with van der Waals surface area (Å²) in [5, 5.41) is 3.44. The van der Waals surface area contributed by atoms with Gasteiger partial charge in [-0.3, -0.25) is 4.79 Å². The molecule has 1 aliphatic rings. The number of fused-ring (bicyclic) bond motifs is 1. The molecular weight excluding hydrogens is 448 g/mol. The van der Waals surface area contributed by atoms with Crippen molar-refractivity contribution in [2.75, 3.05) is 7.11 Å². The summed E-state index contributed by atoms with van der Waals surface area (Å²) in [5.74, 6) is 0.299. The van der Waals surface area contributed by atoms with Crippen molar-refractivity contribution < 1.29 is 9.53 Å². The summed E-state index contributed by atoms with van der Waals surface area (Å²) < 4.78 is 5.62. The van der Waals surface area contributed by atoms with E-state index in [1.54, 1.807) is 19.2 Å². The third-order valence-corrected chi connectivity index (χ3v) is 6.77. The largest absolute Gasteiger partial charge is 0.494 e. The number of benzene rings is 1. The fourth-order valence-electron chi connectivity index (χ4n) is 4.70. The number of carbonyl (C=O) groups is 1. The van der Waals surface area contributed by atoms with Gasteiger partial charge < -0.3 is 20.4 Å². The van der Waals surface area contributed by atoms with Crippen molar-refractivity contribution in [3.8, 4) is 5.75 Å². The normalized spacial score (nSPS) is 14.4. The van der Waals surface area contributed by atoms with E-state index in [0.29, 0.717) is 5.56 Å². The number of amides is 1. The van der Waals surface area contributed by atoms with E-state index in [4.69, 9.17) is 10.5 Å². The first-order chi connectivity index (χ1) is 17.6. The number of primary amides is 1. The summed E-state index contributed by atoms with van der Waals surface area (Å²) in [4.78, 5) is 23.1. The monoisotopic (exact) mass is 486 g/mol. The number of nitrogens with two attached hydrogens (primary N) is 1. The van der Waals surface area contributed by atoms with Crippen LogP contribution in [0.25, 0.3) is 17.8 Å². The molecule has 4 rings (SSSR count). The molecule has 36 heavy (non-hydrogen) atoms. The molecule has 2 aromatic heterocycles. The van der Waals surface area contributed by atoms with Crippen LogP contribution in [0.15, 0.2) is 41.4 Å². The molecule has 0 saturated heterocycles. The molecule has 0 spiro atoms. The summed E-state index contributed by atoms with van der Waals surface area (Å²) >= 11 is 0. The maximum Gasteiger partial charge on any atom is 0.248 e. The van der Waals surface area contributed by atoms with Gasteiger partial charge >= 0.3 is 0 Å². The van der Waals surface area contributed by atoms with Gasteiger partial charge in [-0.2, -0.15) is 0 Å². The number of ether oxygens (including phenoxy) is 1. The van der Waals surface area contributed by atoms with Gasteiger partial charge in [0.1, 0.15) is 5.75 Å². The van der Waals surface area contributed by atoms with Crippen molar-refractivity contribution in [3.63, 3.8) is 0 Å². The quantitative estimate of drug-likeness (QED) is 0.322. The number of hydrogen-bond donors (Lipinski definition) is 3. The average molecular weight is 487 g/mol. The Morgan fingerprint density at radius 1 is 0.972 bits per heavy atom. The number of carbonyl (C=O) groups excluding carboxylic acids is 1. The van der Waals surface area contributed by atoms with Crippen LogP contribution in [0.2, 0.25) is 0 Å². The van der Waals surface area contributed by atoms with Crippen LogP contribution in [0.4, 0.5) is 0 Å². The number of nitrogens with one attached hydrogen (secondary N) is 2. The van der Waals surface area contributed by atoms with Gasteiger partial charge in [0.15, 0.2) is 0 Å². The van der Waals surface area contributed by atoms with E-state index in [1.807, 2.05) is 18.2 Å². The predicted molar refractivity (Wildman–Crippen MR) is 145 cm³/mol. The van der Waals surface area contributed by atoms with Crippen molar-refractivity contribution in [2.24, 2.45) is 10.7 Å². The molecule has 1 aliphatic heterocycles. The third-order valence-electron chi connectivity index (χ3n) is 6.77. The number of aromatic nitrogens is 2. The highest BCUT2D eigenvalue weighted by Gasteiger charge is 2.08. The fourth-order valence-corrected chi connectivity index (χ4v) is 4.70. The number of hydrogen-bond acceptors (Lipinski definition) is 3. The van der Waals surface area contributed by atoms with Crippen LogP contribution < -0.4 is 31.7 Å². The van der Waals surface area contributed by atoms with E-state index >= 15 is 0 Å². The molecule has 0 radical (unpaired) electrons. The molecule has 4 N–H and O–H groups in total.